The maximum atomic E-state index is 12.4. The van der Waals surface area contributed by atoms with Gasteiger partial charge >= 0.3 is 0 Å². The lowest BCUT2D eigenvalue weighted by Crippen LogP contribution is -2.50. The molecule has 0 amide bonds. The summed E-state index contributed by atoms with van der Waals surface area (Å²) in [5, 5.41) is 9.15. The van der Waals surface area contributed by atoms with Crippen LogP contribution in [0.15, 0.2) is 0 Å². The predicted octanol–water partition coefficient (Wildman–Crippen LogP) is -0.0157. The van der Waals surface area contributed by atoms with E-state index in [1.165, 1.54) is 0 Å². The third-order valence-electron chi connectivity index (χ3n) is 3.36. The van der Waals surface area contributed by atoms with Crippen LogP contribution in [0.4, 0.5) is 0 Å². The summed E-state index contributed by atoms with van der Waals surface area (Å²) in [4.78, 5) is 0. The molecule has 2 rings (SSSR count). The van der Waals surface area contributed by atoms with E-state index in [9.17, 15) is 8.42 Å². The van der Waals surface area contributed by atoms with E-state index in [1.807, 2.05) is 0 Å². The minimum Gasteiger partial charge on any atom is -0.396 e. The molecule has 2 aliphatic rings. The van der Waals surface area contributed by atoms with Crippen molar-refractivity contribution < 1.29 is 13.5 Å². The fourth-order valence-corrected chi connectivity index (χ4v) is 5.19. The summed E-state index contributed by atoms with van der Waals surface area (Å²) in [6.07, 6.45) is 1.78. The highest BCUT2D eigenvalue weighted by molar-refractivity contribution is 7.99. The first kappa shape index (κ1) is 13.6. The van der Waals surface area contributed by atoms with Gasteiger partial charge in [-0.3, -0.25) is 0 Å². The van der Waals surface area contributed by atoms with Crippen LogP contribution in [0.1, 0.15) is 12.8 Å². The molecule has 0 aromatic heterocycles. The summed E-state index contributed by atoms with van der Waals surface area (Å²) in [6.45, 7) is 2.40. The van der Waals surface area contributed by atoms with Crippen LogP contribution in [-0.2, 0) is 10.2 Å². The number of piperidine rings is 1. The lowest BCUT2D eigenvalue weighted by molar-refractivity contribution is 0.161. The average molecular weight is 280 g/mol. The highest BCUT2D eigenvalue weighted by Gasteiger charge is 2.33. The highest BCUT2D eigenvalue weighted by atomic mass is 32.2. The average Bonchev–Trinajstić information content (AvgIpc) is 2.40. The number of thioether (sulfide) groups is 1. The van der Waals surface area contributed by atoms with Gasteiger partial charge in [0.2, 0.25) is 0 Å². The molecule has 1 N–H and O–H groups in total. The Morgan fingerprint density at radius 2 is 1.88 bits per heavy atom. The van der Waals surface area contributed by atoms with Crippen molar-refractivity contribution >= 4 is 22.0 Å². The van der Waals surface area contributed by atoms with E-state index in [2.05, 4.69) is 0 Å². The quantitative estimate of drug-likeness (QED) is 0.789. The van der Waals surface area contributed by atoms with Crippen LogP contribution in [0.25, 0.3) is 0 Å². The molecule has 0 aliphatic carbocycles. The molecule has 0 radical (unpaired) electrons. The van der Waals surface area contributed by atoms with Crippen LogP contribution in [0.3, 0.4) is 0 Å². The van der Waals surface area contributed by atoms with Crippen LogP contribution < -0.4 is 0 Å². The van der Waals surface area contributed by atoms with E-state index >= 15 is 0 Å². The zero-order valence-electron chi connectivity index (χ0n) is 9.92. The van der Waals surface area contributed by atoms with Crippen LogP contribution >= 0.6 is 11.8 Å². The second kappa shape index (κ2) is 5.88. The fourth-order valence-electron chi connectivity index (χ4n) is 2.33. The van der Waals surface area contributed by atoms with Gasteiger partial charge in [-0.2, -0.15) is 28.8 Å². The second-order valence-corrected chi connectivity index (χ2v) is 7.72. The Bertz CT molecular complexity index is 341. The Morgan fingerprint density at radius 1 is 1.18 bits per heavy atom. The van der Waals surface area contributed by atoms with Crippen molar-refractivity contribution in [3.05, 3.63) is 0 Å². The van der Waals surface area contributed by atoms with Crippen LogP contribution in [0, 0.1) is 5.92 Å². The van der Waals surface area contributed by atoms with Gasteiger partial charge in [0, 0.05) is 44.3 Å². The molecule has 0 bridgehead atoms. The lowest BCUT2D eigenvalue weighted by Gasteiger charge is -2.36. The molecule has 5 nitrogen and oxygen atoms in total. The van der Waals surface area contributed by atoms with Gasteiger partial charge in [0.1, 0.15) is 0 Å². The molecular weight excluding hydrogens is 260 g/mol. The molecule has 0 spiro atoms. The van der Waals surface area contributed by atoms with Gasteiger partial charge in [-0.1, -0.05) is 0 Å². The molecule has 1 unspecified atom stereocenters. The number of rotatable bonds is 3. The summed E-state index contributed by atoms with van der Waals surface area (Å²) >= 11 is 1.80. The van der Waals surface area contributed by atoms with Crippen LogP contribution in [-0.4, -0.2) is 66.4 Å². The Hall–Kier alpha value is 0.180. The van der Waals surface area contributed by atoms with Crippen molar-refractivity contribution in [1.82, 2.24) is 8.61 Å². The van der Waals surface area contributed by atoms with E-state index in [0.29, 0.717) is 26.2 Å². The molecule has 17 heavy (non-hydrogen) atoms. The molecule has 0 aromatic rings. The fraction of sp³-hybridized carbons (Fsp3) is 1.00. The van der Waals surface area contributed by atoms with E-state index < -0.39 is 10.2 Å². The topological polar surface area (TPSA) is 60.9 Å². The smallest absolute Gasteiger partial charge is 0.282 e. The number of hydrogen-bond acceptors (Lipinski definition) is 4. The maximum Gasteiger partial charge on any atom is 0.282 e. The van der Waals surface area contributed by atoms with Gasteiger partial charge in [-0.05, 0) is 18.8 Å². The van der Waals surface area contributed by atoms with Crippen LogP contribution in [0.5, 0.6) is 0 Å². The monoisotopic (exact) mass is 280 g/mol. The number of aliphatic hydroxyl groups is 1. The molecule has 0 aromatic carbocycles. The third kappa shape index (κ3) is 3.14. The summed E-state index contributed by atoms with van der Waals surface area (Å²) in [5.41, 5.74) is 0. The molecule has 1 atom stereocenters. The molecule has 0 saturated carbocycles. The van der Waals surface area contributed by atoms with Gasteiger partial charge in [0.25, 0.3) is 10.2 Å². The number of nitrogens with zero attached hydrogens (tertiary/aromatic N) is 2. The van der Waals surface area contributed by atoms with Gasteiger partial charge in [-0.15, -0.1) is 0 Å². The first-order valence-corrected chi connectivity index (χ1v) is 8.63. The molecule has 2 heterocycles. The zero-order chi connectivity index (χ0) is 12.3. The summed E-state index contributed by atoms with van der Waals surface area (Å²) < 4.78 is 27.9. The minimum atomic E-state index is -3.29. The van der Waals surface area contributed by atoms with E-state index in [4.69, 9.17) is 5.11 Å². The van der Waals surface area contributed by atoms with Crippen molar-refractivity contribution in [3.8, 4) is 0 Å². The van der Waals surface area contributed by atoms with E-state index in [-0.39, 0.29) is 12.5 Å². The summed E-state index contributed by atoms with van der Waals surface area (Å²) in [7, 11) is -3.29. The minimum absolute atomic E-state index is 0.0852. The second-order valence-electron chi connectivity index (χ2n) is 4.57. The lowest BCUT2D eigenvalue weighted by atomic mass is 10.0. The summed E-state index contributed by atoms with van der Waals surface area (Å²) in [5.74, 6) is 1.88. The van der Waals surface area contributed by atoms with Crippen molar-refractivity contribution in [2.75, 3.05) is 44.3 Å². The molecule has 2 saturated heterocycles. The van der Waals surface area contributed by atoms with Crippen LogP contribution in [0.2, 0.25) is 0 Å². The van der Waals surface area contributed by atoms with E-state index in [1.54, 1.807) is 20.4 Å². The van der Waals surface area contributed by atoms with Gasteiger partial charge in [0.05, 0.1) is 0 Å². The van der Waals surface area contributed by atoms with Crippen molar-refractivity contribution in [3.63, 3.8) is 0 Å². The first-order valence-electron chi connectivity index (χ1n) is 6.08. The first-order chi connectivity index (χ1) is 8.14. The third-order valence-corrected chi connectivity index (χ3v) is 6.31. The molecule has 7 heteroatoms. The Balaban J connectivity index is 2.03. The molecular formula is C10H20N2O3S2. The van der Waals surface area contributed by atoms with Gasteiger partial charge in [0.15, 0.2) is 0 Å². The normalized spacial score (nSPS) is 29.4. The van der Waals surface area contributed by atoms with Crippen molar-refractivity contribution in [2.45, 2.75) is 12.8 Å². The number of aliphatic hydroxyl groups excluding tert-OH is 1. The van der Waals surface area contributed by atoms with Gasteiger partial charge in [-0.25, -0.2) is 0 Å². The largest absolute Gasteiger partial charge is 0.396 e. The Labute approximate surface area is 107 Å². The Kier molecular flexibility index (Phi) is 4.71. The predicted molar refractivity (Wildman–Crippen MR) is 69.2 cm³/mol. The summed E-state index contributed by atoms with van der Waals surface area (Å²) in [6, 6.07) is 0. The SMILES string of the molecule is O=S(=O)(N1CCSCC1)N1CCCC(CO)C1. The molecule has 100 valence electrons. The zero-order valence-corrected chi connectivity index (χ0v) is 11.5. The maximum absolute atomic E-state index is 12.4. The molecule has 2 fully saturated rings. The van der Waals surface area contributed by atoms with Crippen molar-refractivity contribution in [2.24, 2.45) is 5.92 Å². The van der Waals surface area contributed by atoms with Gasteiger partial charge < -0.3 is 5.11 Å². The van der Waals surface area contributed by atoms with Crippen molar-refractivity contribution in [1.29, 1.82) is 0 Å². The molecule has 2 aliphatic heterocycles. The highest BCUT2D eigenvalue weighted by Crippen LogP contribution is 2.22. The Morgan fingerprint density at radius 3 is 2.53 bits per heavy atom. The van der Waals surface area contributed by atoms with E-state index in [0.717, 1.165) is 24.3 Å². The standard InChI is InChI=1S/C10H20N2O3S2/c13-9-10-2-1-3-12(8-10)17(14,15)11-4-6-16-7-5-11/h10,13H,1-9H2. The number of hydrogen-bond donors (Lipinski definition) is 1.